The van der Waals surface area contributed by atoms with E-state index in [1.54, 1.807) is 11.3 Å². The van der Waals surface area contributed by atoms with Crippen molar-refractivity contribution in [1.82, 2.24) is 9.15 Å². The van der Waals surface area contributed by atoms with Crippen LogP contribution in [-0.4, -0.2) is 21.7 Å². The largest absolute Gasteiger partial charge is 0.461 e. The number of hydrogen-bond donors (Lipinski definition) is 0. The number of fused-ring (bicyclic) bond motifs is 1. The quantitative estimate of drug-likeness (QED) is 0.719. The van der Waals surface area contributed by atoms with Crippen LogP contribution in [0.3, 0.4) is 0 Å². The summed E-state index contributed by atoms with van der Waals surface area (Å²) >= 11 is 1.51. The second-order valence-corrected chi connectivity index (χ2v) is 4.00. The van der Waals surface area contributed by atoms with E-state index in [0.29, 0.717) is 20.4 Å². The minimum absolute atomic E-state index is 0.282. The molecule has 0 atom stereocenters. The van der Waals surface area contributed by atoms with Crippen molar-refractivity contribution >= 4 is 30.6 Å². The number of hydrogen-bond acceptors (Lipinski definition) is 4. The van der Waals surface area contributed by atoms with Gasteiger partial charge in [0.15, 0.2) is 10.4 Å². The minimum Gasteiger partial charge on any atom is -0.461 e. The number of carbonyl (C=O) groups is 1. The van der Waals surface area contributed by atoms with Crippen LogP contribution in [-0.2, 0) is 4.74 Å². The third-order valence-electron chi connectivity index (χ3n) is 1.51. The smallest absolute Gasteiger partial charge is 0.361 e. The number of rotatable bonds is 2. The Balaban J connectivity index is 2.42. The van der Waals surface area contributed by atoms with Gasteiger partial charge in [-0.2, -0.15) is 4.75 Å². The first-order chi connectivity index (χ1) is 6.33. The van der Waals surface area contributed by atoms with Gasteiger partial charge in [0.2, 0.25) is 0 Å². The summed E-state index contributed by atoms with van der Waals surface area (Å²) in [6.45, 7) is 2.19. The molecule has 0 spiro atoms. The molecule has 0 fully saturated rings. The first-order valence-corrected chi connectivity index (χ1v) is 5.51. The van der Waals surface area contributed by atoms with E-state index in [1.807, 2.05) is 11.6 Å². The van der Waals surface area contributed by atoms with Gasteiger partial charge >= 0.3 is 5.97 Å². The molecule has 0 N–H and O–H groups in total. The molecule has 0 aliphatic rings. The lowest BCUT2D eigenvalue weighted by atomic mass is 10.7. The summed E-state index contributed by atoms with van der Waals surface area (Å²) in [4.78, 5) is 12.2. The first-order valence-electron chi connectivity index (χ1n) is 3.78. The van der Waals surface area contributed by atoms with Gasteiger partial charge < -0.3 is 4.74 Å². The molecule has 13 heavy (non-hydrogen) atoms. The molecule has 0 radical (unpaired) electrons. The van der Waals surface area contributed by atoms with E-state index in [-0.39, 0.29) is 5.97 Å². The van der Waals surface area contributed by atoms with Crippen LogP contribution in [0.1, 0.15) is 17.1 Å². The number of nitrogens with zero attached hydrogens (tertiary/aromatic N) is 2. The van der Waals surface area contributed by atoms with Crippen molar-refractivity contribution in [2.45, 2.75) is 6.92 Å². The second kappa shape index (κ2) is 3.44. The SMILES string of the molecule is CCOC(=O)c1pnc2sccn12. The van der Waals surface area contributed by atoms with E-state index >= 15 is 0 Å². The average molecular weight is 214 g/mol. The van der Waals surface area contributed by atoms with Gasteiger partial charge in [0, 0.05) is 11.6 Å². The number of carbonyl (C=O) groups excluding carboxylic acids is 1. The van der Waals surface area contributed by atoms with E-state index < -0.39 is 0 Å². The van der Waals surface area contributed by atoms with Crippen molar-refractivity contribution in [3.8, 4) is 0 Å². The van der Waals surface area contributed by atoms with Crippen LogP contribution in [0.4, 0.5) is 0 Å². The fraction of sp³-hybridized carbons (Fsp3) is 0.286. The van der Waals surface area contributed by atoms with Crippen LogP contribution in [0, 0.1) is 0 Å². The number of esters is 1. The molecule has 0 aromatic carbocycles. The predicted octanol–water partition coefficient (Wildman–Crippen LogP) is 2.15. The predicted molar refractivity (Wildman–Crippen MR) is 51.5 cm³/mol. The molecule has 0 aliphatic carbocycles. The van der Waals surface area contributed by atoms with Gasteiger partial charge in [0.05, 0.1) is 15.0 Å². The Bertz CT molecular complexity index is 436. The summed E-state index contributed by atoms with van der Waals surface area (Å²) < 4.78 is 10.8. The molecule has 2 aromatic heterocycles. The highest BCUT2D eigenvalue weighted by molar-refractivity contribution is 7.29. The molecule has 68 valence electrons. The van der Waals surface area contributed by atoms with Crippen LogP contribution in [0.5, 0.6) is 0 Å². The molecule has 0 aliphatic heterocycles. The number of aromatic nitrogens is 2. The number of ether oxygens (including phenoxy) is 1. The summed E-state index contributed by atoms with van der Waals surface area (Å²) in [5, 5.41) is 1.90. The Morgan fingerprint density at radius 3 is 3.46 bits per heavy atom. The van der Waals surface area contributed by atoms with E-state index in [4.69, 9.17) is 4.74 Å². The van der Waals surface area contributed by atoms with Crippen molar-refractivity contribution < 1.29 is 9.53 Å². The third-order valence-corrected chi connectivity index (χ3v) is 3.27. The Morgan fingerprint density at radius 2 is 2.69 bits per heavy atom. The van der Waals surface area contributed by atoms with E-state index in [1.165, 1.54) is 11.3 Å². The lowest BCUT2D eigenvalue weighted by Gasteiger charge is -1.97. The highest BCUT2D eigenvalue weighted by Gasteiger charge is 2.13. The van der Waals surface area contributed by atoms with E-state index in [2.05, 4.69) is 4.75 Å². The summed E-state index contributed by atoms with van der Waals surface area (Å²) in [7, 11) is 0.679. The lowest BCUT2D eigenvalue weighted by molar-refractivity contribution is 0.0524. The Hall–Kier alpha value is -0.930. The highest BCUT2D eigenvalue weighted by Crippen LogP contribution is 2.20. The summed E-state index contributed by atoms with van der Waals surface area (Å²) in [5.74, 6) is -0.282. The Morgan fingerprint density at radius 1 is 1.85 bits per heavy atom. The summed E-state index contributed by atoms with van der Waals surface area (Å²) in [6, 6.07) is 0. The number of thiazole rings is 1. The van der Waals surface area contributed by atoms with Crippen LogP contribution in [0.15, 0.2) is 11.6 Å². The van der Waals surface area contributed by atoms with Crippen molar-refractivity contribution in [3.63, 3.8) is 0 Å². The Labute approximate surface area is 80.3 Å². The molecule has 0 saturated heterocycles. The third kappa shape index (κ3) is 1.45. The topological polar surface area (TPSA) is 43.6 Å². The van der Waals surface area contributed by atoms with Crippen molar-refractivity contribution in [3.05, 3.63) is 17.0 Å². The molecule has 0 amide bonds. The maximum atomic E-state index is 11.4. The van der Waals surface area contributed by atoms with Crippen LogP contribution < -0.4 is 0 Å². The van der Waals surface area contributed by atoms with Gasteiger partial charge in [0.25, 0.3) is 0 Å². The zero-order valence-corrected chi connectivity index (χ0v) is 8.64. The van der Waals surface area contributed by atoms with Crippen LogP contribution in [0.25, 0.3) is 4.96 Å². The zero-order valence-electron chi connectivity index (χ0n) is 6.93. The maximum absolute atomic E-state index is 11.4. The minimum atomic E-state index is -0.282. The summed E-state index contributed by atoms with van der Waals surface area (Å²) in [6.07, 6.45) is 1.83. The van der Waals surface area contributed by atoms with Crippen LogP contribution in [0.2, 0.25) is 0 Å². The average Bonchev–Trinajstić information content (AvgIpc) is 2.62. The standard InChI is InChI=1S/C7H7N2O2PS/c1-2-11-6(10)5-9-3-4-13-7(9)8-12-5/h3-4H,2H2,1H3. The van der Waals surface area contributed by atoms with Gasteiger partial charge in [-0.3, -0.25) is 4.40 Å². The lowest BCUT2D eigenvalue weighted by Crippen LogP contribution is -2.05. The zero-order chi connectivity index (χ0) is 9.26. The molecule has 6 heteroatoms. The van der Waals surface area contributed by atoms with Crippen molar-refractivity contribution in [2.24, 2.45) is 0 Å². The molecule has 0 unspecified atom stereocenters. The van der Waals surface area contributed by atoms with Crippen LogP contribution >= 0.6 is 19.7 Å². The molecular weight excluding hydrogens is 207 g/mol. The molecule has 2 heterocycles. The maximum Gasteiger partial charge on any atom is 0.361 e. The van der Waals surface area contributed by atoms with E-state index in [0.717, 1.165) is 4.96 Å². The van der Waals surface area contributed by atoms with Crippen molar-refractivity contribution in [2.75, 3.05) is 6.61 Å². The second-order valence-electron chi connectivity index (χ2n) is 2.30. The Kier molecular flexibility index (Phi) is 2.29. The molecule has 2 aromatic rings. The molecule has 0 saturated carbocycles. The summed E-state index contributed by atoms with van der Waals surface area (Å²) in [5.41, 5.74) is 0.582. The van der Waals surface area contributed by atoms with E-state index in [9.17, 15) is 4.79 Å². The van der Waals surface area contributed by atoms with Gasteiger partial charge in [-0.15, -0.1) is 11.3 Å². The highest BCUT2D eigenvalue weighted by atomic mass is 32.1. The van der Waals surface area contributed by atoms with Gasteiger partial charge in [0.1, 0.15) is 0 Å². The monoisotopic (exact) mass is 214 g/mol. The first kappa shape index (κ1) is 8.66. The van der Waals surface area contributed by atoms with Gasteiger partial charge in [-0.1, -0.05) is 0 Å². The molecular formula is C7H7N2O2PS. The normalized spacial score (nSPS) is 11.2. The molecule has 4 nitrogen and oxygen atoms in total. The van der Waals surface area contributed by atoms with Gasteiger partial charge in [-0.25, -0.2) is 4.79 Å². The fourth-order valence-corrected chi connectivity index (χ4v) is 2.61. The molecule has 2 rings (SSSR count). The van der Waals surface area contributed by atoms with Crippen molar-refractivity contribution in [1.29, 1.82) is 0 Å². The fourth-order valence-electron chi connectivity index (χ4n) is 0.979. The molecule has 0 bridgehead atoms. The van der Waals surface area contributed by atoms with Gasteiger partial charge in [-0.05, 0) is 6.92 Å².